The molecule has 5 nitrogen and oxygen atoms in total. The predicted molar refractivity (Wildman–Crippen MR) is 71.4 cm³/mol. The first-order valence-electron chi connectivity index (χ1n) is 4.50. The van der Waals surface area contributed by atoms with Gasteiger partial charge in [-0.15, -0.1) is 5.10 Å². The Morgan fingerprint density at radius 2 is 2.00 bits per heavy atom. The summed E-state index contributed by atoms with van der Waals surface area (Å²) in [4.78, 5) is 9.87. The Labute approximate surface area is 119 Å². The van der Waals surface area contributed by atoms with Gasteiger partial charge in [0.2, 0.25) is 0 Å². The first-order valence-corrected chi connectivity index (χ1v) is 6.30. The SMILES string of the molecule is CC(=NN=C([SH2+])N(C)C)c1cnccn1.[Cl][Cu+]. The van der Waals surface area contributed by atoms with E-state index in [-0.39, 0.29) is 0 Å². The van der Waals surface area contributed by atoms with Crippen molar-refractivity contribution >= 4 is 33.6 Å². The third-order valence-electron chi connectivity index (χ3n) is 1.65. The van der Waals surface area contributed by atoms with Crippen molar-refractivity contribution in [1.29, 1.82) is 0 Å². The van der Waals surface area contributed by atoms with Crippen LogP contribution < -0.4 is 0 Å². The van der Waals surface area contributed by atoms with Crippen LogP contribution in [0.5, 0.6) is 0 Å². The Bertz CT molecular complexity index is 382. The van der Waals surface area contributed by atoms with Gasteiger partial charge in [-0.3, -0.25) is 9.97 Å². The standard InChI is InChI=1S/C9H13N5S.ClH.Cu/c1-7(8-6-10-4-5-11-8)12-13-9(15)14(2)3;;/h4-6H,1-3H3,(H,13,15);1H;/q;;+2. The van der Waals surface area contributed by atoms with Crippen molar-refractivity contribution in [3.8, 4) is 0 Å². The van der Waals surface area contributed by atoms with Crippen LogP contribution >= 0.6 is 10.1 Å². The molecule has 0 radical (unpaired) electrons. The molecule has 0 aliphatic carbocycles. The summed E-state index contributed by atoms with van der Waals surface area (Å²) in [6, 6.07) is 0. The summed E-state index contributed by atoms with van der Waals surface area (Å²) < 4.78 is 0. The second-order valence-corrected chi connectivity index (χ2v) is 3.54. The summed E-state index contributed by atoms with van der Waals surface area (Å²) in [5, 5.41) is 8.65. The zero-order valence-electron chi connectivity index (χ0n) is 9.65. The van der Waals surface area contributed by atoms with Gasteiger partial charge >= 0.3 is 30.4 Å². The number of halogens is 1. The van der Waals surface area contributed by atoms with Crippen LogP contribution in [0.25, 0.3) is 0 Å². The molecule has 97 valence electrons. The molecule has 0 N–H and O–H groups in total. The Morgan fingerprint density at radius 3 is 2.47 bits per heavy atom. The van der Waals surface area contributed by atoms with Crippen LogP contribution in [-0.4, -0.2) is 39.8 Å². The van der Waals surface area contributed by atoms with Gasteiger partial charge in [0.15, 0.2) is 0 Å². The van der Waals surface area contributed by atoms with Crippen molar-refractivity contribution in [2.75, 3.05) is 14.1 Å². The van der Waals surface area contributed by atoms with Crippen LogP contribution in [-0.2, 0) is 27.7 Å². The second kappa shape index (κ2) is 9.41. The van der Waals surface area contributed by atoms with Gasteiger partial charge in [-0.25, -0.2) is 0 Å². The molecule has 0 amide bonds. The number of amidine groups is 1. The number of hydrogen-bond acceptors (Lipinski definition) is 4. The number of aromatic nitrogens is 2. The number of nitrogens with zero attached hydrogens (tertiary/aromatic N) is 5. The van der Waals surface area contributed by atoms with E-state index in [0.717, 1.165) is 11.4 Å². The second-order valence-electron chi connectivity index (χ2n) is 3.09. The zero-order chi connectivity index (χ0) is 13.3. The first-order chi connectivity index (χ1) is 8.11. The van der Waals surface area contributed by atoms with Crippen molar-refractivity contribution < 1.29 is 15.1 Å². The topological polar surface area (TPSA) is 53.7 Å². The fraction of sp³-hybridized carbons (Fsp3) is 0.333. The van der Waals surface area contributed by atoms with Gasteiger partial charge in [-0.2, -0.15) is 0 Å². The van der Waals surface area contributed by atoms with Gasteiger partial charge in [0.25, 0.3) is 0 Å². The predicted octanol–water partition coefficient (Wildman–Crippen LogP) is 0.817. The van der Waals surface area contributed by atoms with Crippen LogP contribution in [0, 0.1) is 0 Å². The van der Waals surface area contributed by atoms with E-state index in [0.29, 0.717) is 5.17 Å². The Kier molecular flexibility index (Phi) is 9.07. The maximum absolute atomic E-state index is 4.20. The molecule has 0 aliphatic heterocycles. The van der Waals surface area contributed by atoms with Crippen LogP contribution in [0.1, 0.15) is 12.6 Å². The maximum atomic E-state index is 4.20. The third-order valence-corrected chi connectivity index (χ3v) is 2.20. The average Bonchev–Trinajstić information content (AvgIpc) is 2.38. The molecule has 1 heterocycles. The monoisotopic (exact) mass is 322 g/mol. The van der Waals surface area contributed by atoms with Gasteiger partial charge in [0.1, 0.15) is 5.69 Å². The van der Waals surface area contributed by atoms with Gasteiger partial charge < -0.3 is 4.90 Å². The van der Waals surface area contributed by atoms with Crippen molar-refractivity contribution in [2.24, 2.45) is 10.2 Å². The summed E-state index contributed by atoms with van der Waals surface area (Å²) in [5.41, 5.74) is 1.44. The van der Waals surface area contributed by atoms with Crippen molar-refractivity contribution in [2.45, 2.75) is 6.92 Å². The van der Waals surface area contributed by atoms with E-state index in [1.165, 1.54) is 0 Å². The summed E-state index contributed by atoms with van der Waals surface area (Å²) in [5.74, 6) is 0. The van der Waals surface area contributed by atoms with Crippen LogP contribution in [0.4, 0.5) is 0 Å². The van der Waals surface area contributed by atoms with Crippen molar-refractivity contribution in [3.63, 3.8) is 0 Å². The van der Waals surface area contributed by atoms with Crippen molar-refractivity contribution in [3.05, 3.63) is 24.3 Å². The van der Waals surface area contributed by atoms with E-state index >= 15 is 0 Å². The van der Waals surface area contributed by atoms with Crippen LogP contribution in [0.15, 0.2) is 28.8 Å². The molecule has 0 aromatic carbocycles. The first kappa shape index (κ1) is 16.4. The van der Waals surface area contributed by atoms with Crippen molar-refractivity contribution in [1.82, 2.24) is 14.9 Å². The van der Waals surface area contributed by atoms with Gasteiger partial charge in [0, 0.05) is 39.1 Å². The quantitative estimate of drug-likeness (QED) is 0.266. The molecule has 0 spiro atoms. The van der Waals surface area contributed by atoms with E-state index < -0.39 is 0 Å². The molecular formula is C9H14ClCuN5S+2. The van der Waals surface area contributed by atoms with Crippen LogP contribution in [0.3, 0.4) is 0 Å². The van der Waals surface area contributed by atoms with E-state index in [1.54, 1.807) is 18.6 Å². The minimum absolute atomic E-state index is 0.651. The molecule has 0 aliphatic rings. The Hall–Kier alpha value is -0.621. The molecule has 0 saturated carbocycles. The van der Waals surface area contributed by atoms with E-state index in [4.69, 9.17) is 0 Å². The van der Waals surface area contributed by atoms with E-state index in [9.17, 15) is 0 Å². The molecule has 1 rings (SSSR count). The Balaban J connectivity index is 0.00000121. The average molecular weight is 323 g/mol. The molecule has 1 aromatic rings. The molecule has 0 unspecified atom stereocenters. The number of hydrogen-bond donors (Lipinski definition) is 0. The zero-order valence-corrected chi connectivity index (χ0v) is 12.3. The molecule has 0 saturated heterocycles. The molecule has 8 heteroatoms. The molecule has 0 fully saturated rings. The fourth-order valence-corrected chi connectivity index (χ4v) is 0.799. The molecule has 1 aromatic heterocycles. The summed E-state index contributed by atoms with van der Waals surface area (Å²) in [7, 11) is 7.95. The molecular weight excluding hydrogens is 309 g/mol. The molecule has 0 bridgehead atoms. The van der Waals surface area contributed by atoms with Gasteiger partial charge in [-0.05, 0) is 6.92 Å². The van der Waals surface area contributed by atoms with Gasteiger partial charge in [-0.1, -0.05) is 5.10 Å². The van der Waals surface area contributed by atoms with E-state index in [2.05, 4.69) is 58.0 Å². The number of rotatable bonds is 2. The summed E-state index contributed by atoms with van der Waals surface area (Å²) in [6.45, 7) is 1.84. The summed E-state index contributed by atoms with van der Waals surface area (Å²) >= 11 is 6.99. The normalized spacial score (nSPS) is 11.7. The third kappa shape index (κ3) is 6.63. The molecule has 17 heavy (non-hydrogen) atoms. The minimum atomic E-state index is 0.651. The fourth-order valence-electron chi connectivity index (χ4n) is 0.749. The Morgan fingerprint density at radius 1 is 1.35 bits per heavy atom. The van der Waals surface area contributed by atoms with Crippen LogP contribution in [0.2, 0.25) is 0 Å². The van der Waals surface area contributed by atoms with E-state index in [1.807, 2.05) is 25.9 Å². The molecule has 0 atom stereocenters. The van der Waals surface area contributed by atoms with Gasteiger partial charge in [0.05, 0.1) is 11.9 Å². The summed E-state index contributed by atoms with van der Waals surface area (Å²) in [6.07, 6.45) is 4.89.